The quantitative estimate of drug-likeness (QED) is 0.676. The molecule has 1 fully saturated rings. The first-order valence-electron chi connectivity index (χ1n) is 5.22. The van der Waals surface area contributed by atoms with Gasteiger partial charge in [-0.3, -0.25) is 4.90 Å². The molecule has 0 spiro atoms. The van der Waals surface area contributed by atoms with E-state index in [0.717, 1.165) is 26.1 Å². The molecule has 1 rings (SSSR count). The number of likely N-dealkylation sites (N-methyl/N-ethyl adjacent to an activating group) is 2. The summed E-state index contributed by atoms with van der Waals surface area (Å²) in [6.07, 6.45) is 1.88. The van der Waals surface area contributed by atoms with Crippen molar-refractivity contribution in [1.82, 2.24) is 9.80 Å². The molecule has 1 aliphatic heterocycles. The van der Waals surface area contributed by atoms with Crippen LogP contribution in [0.25, 0.3) is 0 Å². The van der Waals surface area contributed by atoms with E-state index in [0.29, 0.717) is 6.04 Å². The summed E-state index contributed by atoms with van der Waals surface area (Å²) >= 11 is 0. The van der Waals surface area contributed by atoms with Crippen LogP contribution in [0.1, 0.15) is 19.8 Å². The molecule has 1 N–H and O–H groups in total. The largest absolute Gasteiger partial charge is 0.391 e. The lowest BCUT2D eigenvalue weighted by atomic mass is 10.1. The molecule has 0 aliphatic carbocycles. The van der Waals surface area contributed by atoms with Crippen LogP contribution in [0.4, 0.5) is 0 Å². The lowest BCUT2D eigenvalue weighted by Gasteiger charge is -2.30. The number of nitrogens with zero attached hydrogens (tertiary/aromatic N) is 2. The van der Waals surface area contributed by atoms with Crippen LogP contribution >= 0.6 is 0 Å². The van der Waals surface area contributed by atoms with Crippen molar-refractivity contribution < 1.29 is 5.11 Å². The highest BCUT2D eigenvalue weighted by Gasteiger charge is 2.25. The van der Waals surface area contributed by atoms with Gasteiger partial charge in [-0.2, -0.15) is 0 Å². The molecule has 1 aliphatic rings. The highest BCUT2D eigenvalue weighted by Crippen LogP contribution is 2.11. The van der Waals surface area contributed by atoms with Gasteiger partial charge in [0.2, 0.25) is 0 Å². The van der Waals surface area contributed by atoms with E-state index in [1.54, 1.807) is 0 Å². The van der Waals surface area contributed by atoms with Gasteiger partial charge in [-0.1, -0.05) is 6.92 Å². The van der Waals surface area contributed by atoms with Crippen LogP contribution in [-0.2, 0) is 0 Å². The molecule has 2 unspecified atom stereocenters. The first-order chi connectivity index (χ1) is 6.15. The molecule has 13 heavy (non-hydrogen) atoms. The maximum Gasteiger partial charge on any atom is 0.0705 e. The van der Waals surface area contributed by atoms with E-state index < -0.39 is 0 Å². The molecule has 3 heteroatoms. The number of aliphatic hydroxyl groups is 1. The van der Waals surface area contributed by atoms with E-state index in [-0.39, 0.29) is 6.10 Å². The van der Waals surface area contributed by atoms with Crippen molar-refractivity contribution in [1.29, 1.82) is 0 Å². The Bertz CT molecular complexity index is 152. The van der Waals surface area contributed by atoms with Crippen molar-refractivity contribution in [2.45, 2.75) is 31.9 Å². The minimum atomic E-state index is -0.175. The Morgan fingerprint density at radius 2 is 2.08 bits per heavy atom. The fourth-order valence-corrected chi connectivity index (χ4v) is 1.99. The van der Waals surface area contributed by atoms with Gasteiger partial charge in [0.05, 0.1) is 6.10 Å². The van der Waals surface area contributed by atoms with Crippen LogP contribution in [0.15, 0.2) is 0 Å². The van der Waals surface area contributed by atoms with E-state index in [9.17, 15) is 5.11 Å². The Labute approximate surface area is 81.3 Å². The standard InChI is InChI=1S/C10H22N2O/c1-4-10(13)9-8-11(2)6-5-7-12(9)3/h9-10,13H,4-8H2,1-3H3. The molecule has 0 bridgehead atoms. The Kier molecular flexibility index (Phi) is 4.16. The summed E-state index contributed by atoms with van der Waals surface area (Å²) in [5, 5.41) is 9.83. The van der Waals surface area contributed by atoms with Gasteiger partial charge in [0.15, 0.2) is 0 Å². The zero-order chi connectivity index (χ0) is 9.84. The maximum atomic E-state index is 9.83. The van der Waals surface area contributed by atoms with Gasteiger partial charge < -0.3 is 10.0 Å². The summed E-state index contributed by atoms with van der Waals surface area (Å²) < 4.78 is 0. The van der Waals surface area contributed by atoms with Crippen LogP contribution in [0, 0.1) is 0 Å². The normalized spacial score (nSPS) is 30.0. The van der Waals surface area contributed by atoms with E-state index >= 15 is 0 Å². The molecule has 3 nitrogen and oxygen atoms in total. The predicted molar refractivity (Wildman–Crippen MR) is 54.8 cm³/mol. The average Bonchev–Trinajstić information content (AvgIpc) is 2.27. The monoisotopic (exact) mass is 186 g/mol. The van der Waals surface area contributed by atoms with E-state index in [4.69, 9.17) is 0 Å². The lowest BCUT2D eigenvalue weighted by Crippen LogP contribution is -2.45. The van der Waals surface area contributed by atoms with Gasteiger partial charge in [-0.05, 0) is 40.0 Å². The third-order valence-corrected chi connectivity index (χ3v) is 2.98. The molecule has 1 saturated heterocycles. The number of hydrogen-bond acceptors (Lipinski definition) is 3. The van der Waals surface area contributed by atoms with Crippen LogP contribution in [0.3, 0.4) is 0 Å². The summed E-state index contributed by atoms with van der Waals surface area (Å²) in [5.74, 6) is 0. The van der Waals surface area contributed by atoms with Crippen LogP contribution in [0.5, 0.6) is 0 Å². The van der Waals surface area contributed by atoms with Crippen molar-refractivity contribution in [3.63, 3.8) is 0 Å². The second-order valence-corrected chi connectivity index (χ2v) is 4.14. The SMILES string of the molecule is CCC(O)C1CN(C)CCCN1C. The van der Waals surface area contributed by atoms with Crippen LogP contribution in [-0.4, -0.2) is 60.8 Å². The van der Waals surface area contributed by atoms with Crippen molar-refractivity contribution >= 4 is 0 Å². The Balaban J connectivity index is 2.56. The zero-order valence-corrected chi connectivity index (χ0v) is 9.03. The van der Waals surface area contributed by atoms with Gasteiger partial charge in [-0.25, -0.2) is 0 Å². The van der Waals surface area contributed by atoms with Crippen LogP contribution < -0.4 is 0 Å². The first-order valence-corrected chi connectivity index (χ1v) is 5.22. The second-order valence-electron chi connectivity index (χ2n) is 4.14. The molecule has 2 atom stereocenters. The molecule has 0 aromatic heterocycles. The summed E-state index contributed by atoms with van der Waals surface area (Å²) in [5.41, 5.74) is 0. The van der Waals surface area contributed by atoms with Crippen molar-refractivity contribution in [2.24, 2.45) is 0 Å². The van der Waals surface area contributed by atoms with Crippen LogP contribution in [0.2, 0.25) is 0 Å². The lowest BCUT2D eigenvalue weighted by molar-refractivity contribution is 0.0553. The summed E-state index contributed by atoms with van der Waals surface area (Å²) in [6, 6.07) is 0.317. The fourth-order valence-electron chi connectivity index (χ4n) is 1.99. The summed E-state index contributed by atoms with van der Waals surface area (Å²) in [7, 11) is 4.25. The summed E-state index contributed by atoms with van der Waals surface area (Å²) in [4.78, 5) is 4.60. The molecule has 0 radical (unpaired) electrons. The third-order valence-electron chi connectivity index (χ3n) is 2.98. The number of rotatable bonds is 2. The Morgan fingerprint density at radius 1 is 1.38 bits per heavy atom. The highest BCUT2D eigenvalue weighted by atomic mass is 16.3. The molecule has 78 valence electrons. The highest BCUT2D eigenvalue weighted by molar-refractivity contribution is 4.81. The molecular formula is C10H22N2O. The first kappa shape index (κ1) is 11.0. The number of aliphatic hydroxyl groups excluding tert-OH is 1. The van der Waals surface area contributed by atoms with Gasteiger partial charge in [0, 0.05) is 12.6 Å². The van der Waals surface area contributed by atoms with Gasteiger partial charge in [-0.15, -0.1) is 0 Å². The minimum absolute atomic E-state index is 0.175. The average molecular weight is 186 g/mol. The van der Waals surface area contributed by atoms with Gasteiger partial charge >= 0.3 is 0 Å². The summed E-state index contributed by atoms with van der Waals surface area (Å²) in [6.45, 7) is 5.29. The predicted octanol–water partition coefficient (Wildman–Crippen LogP) is 0.393. The third kappa shape index (κ3) is 2.93. The number of hydrogen-bond donors (Lipinski definition) is 1. The maximum absolute atomic E-state index is 9.83. The van der Waals surface area contributed by atoms with Crippen molar-refractivity contribution in [3.05, 3.63) is 0 Å². The molecule has 1 heterocycles. The van der Waals surface area contributed by atoms with Gasteiger partial charge in [0.25, 0.3) is 0 Å². The van der Waals surface area contributed by atoms with E-state index in [1.165, 1.54) is 6.42 Å². The Morgan fingerprint density at radius 3 is 2.69 bits per heavy atom. The molecule has 0 aromatic carbocycles. The van der Waals surface area contributed by atoms with Crippen molar-refractivity contribution in [2.75, 3.05) is 33.7 Å². The smallest absolute Gasteiger partial charge is 0.0705 e. The molecule has 0 saturated carbocycles. The minimum Gasteiger partial charge on any atom is -0.391 e. The second kappa shape index (κ2) is 4.94. The zero-order valence-electron chi connectivity index (χ0n) is 9.03. The van der Waals surface area contributed by atoms with Gasteiger partial charge in [0.1, 0.15) is 0 Å². The molecule has 0 aromatic rings. The topological polar surface area (TPSA) is 26.7 Å². The Hall–Kier alpha value is -0.120. The molecule has 0 amide bonds. The fraction of sp³-hybridized carbons (Fsp3) is 1.00. The molecular weight excluding hydrogens is 164 g/mol. The van der Waals surface area contributed by atoms with E-state index in [1.807, 2.05) is 6.92 Å². The van der Waals surface area contributed by atoms with E-state index in [2.05, 4.69) is 23.9 Å². The van der Waals surface area contributed by atoms with Crippen molar-refractivity contribution in [3.8, 4) is 0 Å².